The number of nitrogens with two attached hydrogens (primary N) is 1. The van der Waals surface area contributed by atoms with Gasteiger partial charge in [-0.2, -0.15) is 10.2 Å². The van der Waals surface area contributed by atoms with Crippen LogP contribution in [-0.4, -0.2) is 82.3 Å². The second kappa shape index (κ2) is 18.4. The average Bonchev–Trinajstić information content (AvgIpc) is 4.17. The lowest BCUT2D eigenvalue weighted by Crippen LogP contribution is -2.26. The molecular weight excluding hydrogens is 855 g/mol. The number of fused-ring (bicyclic) bond motifs is 2. The van der Waals surface area contributed by atoms with E-state index >= 15 is 0 Å². The normalized spacial score (nSPS) is 16.2. The van der Waals surface area contributed by atoms with E-state index in [1.165, 1.54) is 12.8 Å². The van der Waals surface area contributed by atoms with Crippen molar-refractivity contribution in [3.63, 3.8) is 0 Å². The van der Waals surface area contributed by atoms with Gasteiger partial charge in [-0.1, -0.05) is 77.9 Å². The van der Waals surface area contributed by atoms with Crippen LogP contribution in [0.15, 0.2) is 122 Å². The maximum Gasteiger partial charge on any atom is 0.335 e. The van der Waals surface area contributed by atoms with Gasteiger partial charge in [0, 0.05) is 67.7 Å². The highest BCUT2D eigenvalue weighted by Crippen LogP contribution is 2.37. The second-order valence-corrected chi connectivity index (χ2v) is 19.7. The number of carboxylic acid groups (broad SMARTS) is 1. The van der Waals surface area contributed by atoms with Crippen molar-refractivity contribution in [1.29, 1.82) is 0 Å². The van der Waals surface area contributed by atoms with Gasteiger partial charge in [-0.05, 0) is 96.2 Å². The summed E-state index contributed by atoms with van der Waals surface area (Å²) >= 11 is 0. The molecule has 2 fully saturated rings. The van der Waals surface area contributed by atoms with Crippen molar-refractivity contribution in [3.8, 4) is 22.5 Å². The van der Waals surface area contributed by atoms with Gasteiger partial charge in [0.25, 0.3) is 0 Å². The molecule has 10 rings (SSSR count). The van der Waals surface area contributed by atoms with Crippen LogP contribution in [0, 0.1) is 22.7 Å². The van der Waals surface area contributed by atoms with Gasteiger partial charge in [0.2, 0.25) is 5.91 Å². The summed E-state index contributed by atoms with van der Waals surface area (Å²) in [7, 11) is 0. The van der Waals surface area contributed by atoms with Gasteiger partial charge < -0.3 is 31.3 Å². The molecule has 8 aromatic rings. The maximum atomic E-state index is 11.6. The molecule has 2 aromatic carbocycles. The zero-order chi connectivity index (χ0) is 47.7. The molecule has 6 aromatic heterocycles. The number of primary amides is 1. The SMILES string of the molecule is CC(C)(C)C1CCN(c2cccc(Nc3cc(-c4cccc(C(=O)O)c4)nn4ccnc34)n2)C1.CC(C)(C)C1CCN(c2cccc(Nc3cc(-c4cccc(C(N)=O)c4)nn4ccnc34)n2)C1. The molecule has 0 spiro atoms. The lowest BCUT2D eigenvalue weighted by atomic mass is 9.80. The highest BCUT2D eigenvalue weighted by atomic mass is 16.4. The van der Waals surface area contributed by atoms with Crippen molar-refractivity contribution in [1.82, 2.24) is 39.2 Å². The fourth-order valence-electron chi connectivity index (χ4n) is 8.91. The Morgan fingerprint density at radius 2 is 1.06 bits per heavy atom. The summed E-state index contributed by atoms with van der Waals surface area (Å²) in [5.41, 5.74) is 12.4. The lowest BCUT2D eigenvalue weighted by molar-refractivity contribution is 0.0696. The van der Waals surface area contributed by atoms with Crippen molar-refractivity contribution in [2.45, 2.75) is 54.4 Å². The van der Waals surface area contributed by atoms with Crippen LogP contribution in [0.1, 0.15) is 75.1 Å². The summed E-state index contributed by atoms with van der Waals surface area (Å²) in [4.78, 5) is 46.4. The topological polar surface area (TPSA) is 197 Å². The number of amides is 1. The van der Waals surface area contributed by atoms with Crippen molar-refractivity contribution >= 4 is 57.8 Å². The molecule has 2 aliphatic heterocycles. The van der Waals surface area contributed by atoms with Crippen LogP contribution < -0.4 is 26.2 Å². The van der Waals surface area contributed by atoms with Crippen LogP contribution >= 0.6 is 0 Å². The summed E-state index contributed by atoms with van der Waals surface area (Å²) in [6, 6.07) is 29.7. The van der Waals surface area contributed by atoms with Gasteiger partial charge in [0.1, 0.15) is 23.3 Å². The third-order valence-electron chi connectivity index (χ3n) is 13.0. The molecule has 8 heterocycles. The van der Waals surface area contributed by atoms with Gasteiger partial charge >= 0.3 is 5.97 Å². The monoisotopic (exact) mass is 911 g/mol. The Bertz CT molecular complexity index is 2920. The number of carboxylic acids is 1. The van der Waals surface area contributed by atoms with Gasteiger partial charge in [0.15, 0.2) is 11.3 Å². The first kappa shape index (κ1) is 45.3. The summed E-state index contributed by atoms with van der Waals surface area (Å²) in [6.07, 6.45) is 9.30. The van der Waals surface area contributed by atoms with Crippen LogP contribution in [-0.2, 0) is 0 Å². The van der Waals surface area contributed by atoms with E-state index in [-0.39, 0.29) is 16.4 Å². The number of hydrogen-bond donors (Lipinski definition) is 4. The van der Waals surface area contributed by atoms with Crippen LogP contribution in [0.25, 0.3) is 33.8 Å². The molecule has 0 aliphatic carbocycles. The number of aromatic carboxylic acids is 1. The Balaban J connectivity index is 0.000000170. The molecule has 2 atom stereocenters. The number of rotatable bonds is 10. The molecule has 0 radical (unpaired) electrons. The van der Waals surface area contributed by atoms with Crippen LogP contribution in [0.2, 0.25) is 0 Å². The van der Waals surface area contributed by atoms with Crippen molar-refractivity contribution in [2.24, 2.45) is 28.4 Å². The number of benzene rings is 2. The molecule has 2 aliphatic rings. The summed E-state index contributed by atoms with van der Waals surface area (Å²) in [5, 5.41) is 25.5. The lowest BCUT2D eigenvalue weighted by Gasteiger charge is -2.27. The molecular formula is C52H57N13O3. The summed E-state index contributed by atoms with van der Waals surface area (Å²) in [5.74, 6) is 3.23. The standard InChI is InChI=1S/C26H29N7O.C26H28N6O2/c1-26(2,3)19-10-12-32(16-19)23-9-5-8-22(30-23)29-21-15-20(31-33-13-11-28-25(21)33)17-6-4-7-18(14-17)24(27)34;1-26(2,3)19-10-12-31(16-19)23-9-5-8-22(29-23)28-21-15-20(30-32-13-11-27-24(21)32)17-6-4-7-18(14-17)25(33)34/h4-9,11,13-15,19H,10,12,16H2,1-3H3,(H2,27,34)(H,29,30);4-9,11,13-15,19H,10,12,16H2,1-3H3,(H,28,29)(H,33,34). The van der Waals surface area contributed by atoms with E-state index < -0.39 is 11.9 Å². The Morgan fingerprint density at radius 1 is 0.618 bits per heavy atom. The number of hydrogen-bond acceptors (Lipinski definition) is 12. The molecule has 2 unspecified atom stereocenters. The molecule has 0 saturated carbocycles. The van der Waals surface area contributed by atoms with Crippen molar-refractivity contribution in [2.75, 3.05) is 46.6 Å². The smallest absolute Gasteiger partial charge is 0.335 e. The first-order valence-corrected chi connectivity index (χ1v) is 23.0. The van der Waals surface area contributed by atoms with E-state index in [1.54, 1.807) is 70.2 Å². The van der Waals surface area contributed by atoms with Crippen LogP contribution in [0.4, 0.5) is 34.6 Å². The molecule has 68 heavy (non-hydrogen) atoms. The fraction of sp³-hybridized carbons (Fsp3) is 0.308. The van der Waals surface area contributed by atoms with Gasteiger partial charge in [-0.25, -0.2) is 33.8 Å². The highest BCUT2D eigenvalue weighted by Gasteiger charge is 2.33. The number of nitrogens with zero attached hydrogens (tertiary/aromatic N) is 10. The Labute approximate surface area is 395 Å². The molecule has 5 N–H and O–H groups in total. The van der Waals surface area contributed by atoms with Crippen LogP contribution in [0.5, 0.6) is 0 Å². The Kier molecular flexibility index (Phi) is 12.3. The van der Waals surface area contributed by atoms with Gasteiger partial charge in [-0.15, -0.1) is 0 Å². The van der Waals surface area contributed by atoms with E-state index in [2.05, 4.69) is 94.3 Å². The number of nitrogens with one attached hydrogen (secondary N) is 2. The first-order chi connectivity index (χ1) is 32.6. The number of carbonyl (C=O) groups excluding carboxylic acids is 1. The average molecular weight is 912 g/mol. The number of carbonyl (C=O) groups is 2. The Morgan fingerprint density at radius 3 is 1.49 bits per heavy atom. The minimum absolute atomic E-state index is 0.216. The molecule has 348 valence electrons. The van der Waals surface area contributed by atoms with Crippen LogP contribution in [0.3, 0.4) is 0 Å². The summed E-state index contributed by atoms with van der Waals surface area (Å²) < 4.78 is 3.40. The van der Waals surface area contributed by atoms with Crippen molar-refractivity contribution < 1.29 is 14.7 Å². The van der Waals surface area contributed by atoms with E-state index in [0.29, 0.717) is 45.6 Å². The number of anilines is 6. The fourth-order valence-corrected chi connectivity index (χ4v) is 8.91. The zero-order valence-electron chi connectivity index (χ0n) is 39.3. The number of pyridine rings is 2. The highest BCUT2D eigenvalue weighted by molar-refractivity contribution is 5.94. The van der Waals surface area contributed by atoms with Gasteiger partial charge in [0.05, 0.1) is 28.3 Å². The summed E-state index contributed by atoms with van der Waals surface area (Å²) in [6.45, 7) is 17.9. The second-order valence-electron chi connectivity index (χ2n) is 19.7. The molecule has 16 heteroatoms. The third kappa shape index (κ3) is 9.94. The largest absolute Gasteiger partial charge is 0.478 e. The molecule has 16 nitrogen and oxygen atoms in total. The predicted octanol–water partition coefficient (Wildman–Crippen LogP) is 9.61. The van der Waals surface area contributed by atoms with Crippen molar-refractivity contribution in [3.05, 3.63) is 133 Å². The quantitative estimate of drug-likeness (QED) is 0.101. The molecule has 0 bridgehead atoms. The predicted molar refractivity (Wildman–Crippen MR) is 267 cm³/mol. The molecule has 1 amide bonds. The Hall–Kier alpha value is -7.88. The van der Waals surface area contributed by atoms with E-state index in [9.17, 15) is 14.7 Å². The van der Waals surface area contributed by atoms with E-state index in [4.69, 9.17) is 15.7 Å². The first-order valence-electron chi connectivity index (χ1n) is 23.0. The van der Waals surface area contributed by atoms with E-state index in [0.717, 1.165) is 66.4 Å². The number of imidazole rings is 2. The van der Waals surface area contributed by atoms with Gasteiger partial charge in [-0.3, -0.25) is 4.79 Å². The third-order valence-corrected chi connectivity index (χ3v) is 13.0. The number of aromatic nitrogens is 8. The van der Waals surface area contributed by atoms with E-state index in [1.807, 2.05) is 48.5 Å². The minimum Gasteiger partial charge on any atom is -0.478 e. The molecule has 2 saturated heterocycles. The zero-order valence-corrected chi connectivity index (χ0v) is 39.3. The maximum absolute atomic E-state index is 11.6. The minimum atomic E-state index is -0.972.